The molecule has 4 rings (SSSR count). The number of alkyl halides is 6. The van der Waals surface area contributed by atoms with Crippen LogP contribution >= 0.6 is 11.8 Å². The lowest BCUT2D eigenvalue weighted by Crippen LogP contribution is -2.38. The molecule has 0 radical (unpaired) electrons. The van der Waals surface area contributed by atoms with Crippen LogP contribution in [0.3, 0.4) is 0 Å². The van der Waals surface area contributed by atoms with Gasteiger partial charge in [-0.15, -0.1) is 0 Å². The SMILES string of the molecule is C[C@@H](N)CN1C(=O)S/C(=C\c2ccc3c(cnn3Cc3ccc(C(F)(F)F)cc3C(F)(F)F)c2)C1=O. The lowest BCUT2D eigenvalue weighted by Gasteiger charge is -2.16. The van der Waals surface area contributed by atoms with Crippen molar-refractivity contribution < 1.29 is 35.9 Å². The molecule has 6 nitrogen and oxygen atoms in total. The van der Waals surface area contributed by atoms with E-state index in [0.717, 1.165) is 22.7 Å². The maximum atomic E-state index is 13.5. The summed E-state index contributed by atoms with van der Waals surface area (Å²) in [6, 6.07) is 5.91. The van der Waals surface area contributed by atoms with E-state index in [4.69, 9.17) is 5.73 Å². The van der Waals surface area contributed by atoms with Gasteiger partial charge in [-0.25, -0.2) is 0 Å². The molecule has 0 aliphatic carbocycles. The van der Waals surface area contributed by atoms with Gasteiger partial charge in [-0.1, -0.05) is 12.1 Å². The number of thioether (sulfide) groups is 1. The molecule has 2 amide bonds. The van der Waals surface area contributed by atoms with Crippen molar-refractivity contribution in [3.8, 4) is 0 Å². The van der Waals surface area contributed by atoms with Crippen molar-refractivity contribution in [1.29, 1.82) is 0 Å². The Morgan fingerprint density at radius 2 is 1.78 bits per heavy atom. The third-order valence-corrected chi connectivity index (χ3v) is 6.28. The Labute approximate surface area is 204 Å². The van der Waals surface area contributed by atoms with E-state index in [-0.39, 0.29) is 29.1 Å². The number of imide groups is 1. The topological polar surface area (TPSA) is 81.2 Å². The monoisotopic (exact) mass is 528 g/mol. The fourth-order valence-corrected chi connectivity index (χ4v) is 4.58. The standard InChI is InChI=1S/C23H18F6N4O2S/c1-12(30)10-32-20(34)19(36-21(32)35)7-13-2-5-18-15(6-13)9-31-33(18)11-14-3-4-16(22(24,25)26)8-17(14)23(27,28)29/h2-9,12H,10-11,30H2,1H3/b19-7-/t12-/m1/s1. The first kappa shape index (κ1) is 25.8. The Hall–Kier alpha value is -3.32. The highest BCUT2D eigenvalue weighted by atomic mass is 32.2. The first-order chi connectivity index (χ1) is 16.7. The van der Waals surface area contributed by atoms with E-state index in [2.05, 4.69) is 5.10 Å². The van der Waals surface area contributed by atoms with E-state index < -0.39 is 41.2 Å². The summed E-state index contributed by atoms with van der Waals surface area (Å²) < 4.78 is 80.5. The number of nitrogens with zero attached hydrogens (tertiary/aromatic N) is 3. The normalized spacial score (nSPS) is 17.0. The van der Waals surface area contributed by atoms with Gasteiger partial charge in [0.05, 0.1) is 34.3 Å². The predicted octanol–water partition coefficient (Wildman–Crippen LogP) is 5.51. The zero-order valence-electron chi connectivity index (χ0n) is 18.5. The molecular formula is C23H18F6N4O2S. The molecule has 3 aromatic rings. The molecule has 190 valence electrons. The average molecular weight is 528 g/mol. The summed E-state index contributed by atoms with van der Waals surface area (Å²) in [6.07, 6.45) is -6.99. The van der Waals surface area contributed by atoms with Gasteiger partial charge < -0.3 is 5.73 Å². The largest absolute Gasteiger partial charge is 0.416 e. The smallest absolute Gasteiger partial charge is 0.326 e. The van der Waals surface area contributed by atoms with Crippen LogP contribution in [0.4, 0.5) is 31.1 Å². The Bertz CT molecular complexity index is 1380. The van der Waals surface area contributed by atoms with Gasteiger partial charge in [0.15, 0.2) is 0 Å². The van der Waals surface area contributed by atoms with Crippen LogP contribution in [-0.4, -0.2) is 38.4 Å². The summed E-state index contributed by atoms with van der Waals surface area (Å²) in [5.74, 6) is -0.472. The zero-order chi connectivity index (χ0) is 26.4. The summed E-state index contributed by atoms with van der Waals surface area (Å²) in [5, 5.41) is 4.18. The second-order valence-electron chi connectivity index (χ2n) is 8.26. The lowest BCUT2D eigenvalue weighted by molar-refractivity contribution is -0.143. The fraction of sp³-hybridized carbons (Fsp3) is 0.261. The fourth-order valence-electron chi connectivity index (χ4n) is 3.73. The minimum absolute atomic E-state index is 0.0810. The number of carbonyl (C=O) groups is 2. The average Bonchev–Trinajstić information content (AvgIpc) is 3.27. The van der Waals surface area contributed by atoms with Crippen molar-refractivity contribution >= 4 is 39.9 Å². The molecule has 0 saturated carbocycles. The minimum Gasteiger partial charge on any atom is -0.326 e. The molecule has 13 heteroatoms. The molecule has 1 fully saturated rings. The van der Waals surface area contributed by atoms with Crippen molar-refractivity contribution in [3.05, 3.63) is 69.8 Å². The van der Waals surface area contributed by atoms with Crippen molar-refractivity contribution in [1.82, 2.24) is 14.7 Å². The number of hydrogen-bond donors (Lipinski definition) is 1. The molecule has 36 heavy (non-hydrogen) atoms. The third-order valence-electron chi connectivity index (χ3n) is 5.37. The van der Waals surface area contributed by atoms with Crippen LogP contribution in [-0.2, 0) is 23.7 Å². The Kier molecular flexibility index (Phi) is 6.64. The lowest BCUT2D eigenvalue weighted by atomic mass is 10.0. The summed E-state index contributed by atoms with van der Waals surface area (Å²) in [5.41, 5.74) is 3.52. The quantitative estimate of drug-likeness (QED) is 0.349. The number of nitrogens with two attached hydrogens (primary N) is 1. The molecule has 0 unspecified atom stereocenters. The van der Waals surface area contributed by atoms with Crippen LogP contribution in [0.25, 0.3) is 17.0 Å². The molecule has 2 heterocycles. The Morgan fingerprint density at radius 3 is 2.42 bits per heavy atom. The molecule has 2 aromatic carbocycles. The summed E-state index contributed by atoms with van der Waals surface area (Å²) in [7, 11) is 0. The van der Waals surface area contributed by atoms with E-state index in [1.165, 1.54) is 17.0 Å². The van der Waals surface area contributed by atoms with Crippen LogP contribution in [0, 0.1) is 0 Å². The van der Waals surface area contributed by atoms with Crippen molar-refractivity contribution in [3.63, 3.8) is 0 Å². The van der Waals surface area contributed by atoms with Crippen LogP contribution in [0.5, 0.6) is 0 Å². The van der Waals surface area contributed by atoms with Crippen LogP contribution < -0.4 is 5.73 Å². The molecular weight excluding hydrogens is 510 g/mol. The number of fused-ring (bicyclic) bond motifs is 1. The first-order valence-electron chi connectivity index (χ1n) is 10.5. The highest BCUT2D eigenvalue weighted by molar-refractivity contribution is 8.18. The number of hydrogen-bond acceptors (Lipinski definition) is 5. The van der Waals surface area contributed by atoms with E-state index >= 15 is 0 Å². The van der Waals surface area contributed by atoms with Crippen molar-refractivity contribution in [2.45, 2.75) is 31.9 Å². The number of carbonyl (C=O) groups excluding carboxylic acids is 2. The Morgan fingerprint density at radius 1 is 1.06 bits per heavy atom. The predicted molar refractivity (Wildman–Crippen MR) is 122 cm³/mol. The number of benzene rings is 2. The number of aromatic nitrogens is 2. The van der Waals surface area contributed by atoms with Crippen LogP contribution in [0.15, 0.2) is 47.5 Å². The number of halogens is 6. The maximum absolute atomic E-state index is 13.5. The molecule has 1 aromatic heterocycles. The molecule has 1 aliphatic heterocycles. The molecule has 0 bridgehead atoms. The van der Waals surface area contributed by atoms with Gasteiger partial charge in [0.25, 0.3) is 11.1 Å². The maximum Gasteiger partial charge on any atom is 0.416 e. The molecule has 0 spiro atoms. The second-order valence-corrected chi connectivity index (χ2v) is 9.25. The first-order valence-corrected chi connectivity index (χ1v) is 11.3. The van der Waals surface area contributed by atoms with Gasteiger partial charge >= 0.3 is 12.4 Å². The van der Waals surface area contributed by atoms with Gasteiger partial charge in [-0.3, -0.25) is 19.2 Å². The van der Waals surface area contributed by atoms with E-state index in [9.17, 15) is 35.9 Å². The molecule has 2 N–H and O–H groups in total. The number of rotatable bonds is 5. The van der Waals surface area contributed by atoms with Crippen molar-refractivity contribution in [2.24, 2.45) is 5.73 Å². The molecule has 1 aliphatic rings. The Balaban J connectivity index is 1.63. The third kappa shape index (κ3) is 5.26. The molecule has 1 atom stereocenters. The van der Waals surface area contributed by atoms with Crippen LogP contribution in [0.2, 0.25) is 0 Å². The van der Waals surface area contributed by atoms with Gasteiger partial charge in [-0.05, 0) is 60.2 Å². The summed E-state index contributed by atoms with van der Waals surface area (Å²) in [4.78, 5) is 25.9. The highest BCUT2D eigenvalue weighted by Crippen LogP contribution is 2.38. The van der Waals surface area contributed by atoms with E-state index in [0.29, 0.717) is 22.5 Å². The van der Waals surface area contributed by atoms with Gasteiger partial charge in [0.2, 0.25) is 0 Å². The second kappa shape index (κ2) is 9.28. The zero-order valence-corrected chi connectivity index (χ0v) is 19.3. The molecule has 1 saturated heterocycles. The van der Waals surface area contributed by atoms with Crippen LogP contribution in [0.1, 0.15) is 29.2 Å². The summed E-state index contributed by atoms with van der Waals surface area (Å²) >= 11 is 0.773. The van der Waals surface area contributed by atoms with Gasteiger partial charge in [0.1, 0.15) is 0 Å². The van der Waals surface area contributed by atoms with E-state index in [1.807, 2.05) is 0 Å². The highest BCUT2D eigenvalue weighted by Gasteiger charge is 2.38. The van der Waals surface area contributed by atoms with Gasteiger partial charge in [0, 0.05) is 18.0 Å². The summed E-state index contributed by atoms with van der Waals surface area (Å²) in [6.45, 7) is 1.34. The number of amides is 2. The van der Waals surface area contributed by atoms with E-state index in [1.54, 1.807) is 25.1 Å². The minimum atomic E-state index is -4.99. The van der Waals surface area contributed by atoms with Gasteiger partial charge in [-0.2, -0.15) is 31.4 Å². The van der Waals surface area contributed by atoms with Crippen molar-refractivity contribution in [2.75, 3.05) is 6.54 Å².